The molecule has 15 heavy (non-hydrogen) atoms. The molecule has 1 aliphatic heterocycles. The maximum atomic E-state index is 5.84. The van der Waals surface area contributed by atoms with E-state index in [0.29, 0.717) is 12.1 Å². The fourth-order valence-corrected chi connectivity index (χ4v) is 2.62. The van der Waals surface area contributed by atoms with Crippen molar-refractivity contribution >= 4 is 0 Å². The zero-order chi connectivity index (χ0) is 10.7. The fraction of sp³-hybridized carbons (Fsp3) is 1.00. The Balaban J connectivity index is 1.75. The van der Waals surface area contributed by atoms with E-state index in [1.165, 1.54) is 32.1 Å². The van der Waals surface area contributed by atoms with Crippen molar-refractivity contribution in [3.63, 3.8) is 0 Å². The van der Waals surface area contributed by atoms with Crippen molar-refractivity contribution in [1.82, 2.24) is 4.90 Å². The van der Waals surface area contributed by atoms with Crippen LogP contribution in [0.15, 0.2) is 0 Å². The highest BCUT2D eigenvalue weighted by atomic mass is 16.5. The van der Waals surface area contributed by atoms with Crippen molar-refractivity contribution in [2.24, 2.45) is 11.7 Å². The van der Waals surface area contributed by atoms with Crippen molar-refractivity contribution in [3.05, 3.63) is 0 Å². The van der Waals surface area contributed by atoms with Gasteiger partial charge >= 0.3 is 0 Å². The Labute approximate surface area is 93.0 Å². The van der Waals surface area contributed by atoms with Gasteiger partial charge in [0.1, 0.15) is 0 Å². The third-order valence-corrected chi connectivity index (χ3v) is 3.74. The molecule has 0 spiro atoms. The average Bonchev–Trinajstić information content (AvgIpc) is 3.04. The molecule has 2 unspecified atom stereocenters. The molecule has 1 heterocycles. The average molecular weight is 212 g/mol. The van der Waals surface area contributed by atoms with Crippen LogP contribution in [0.2, 0.25) is 0 Å². The Morgan fingerprint density at radius 3 is 2.67 bits per heavy atom. The molecule has 2 aliphatic rings. The van der Waals surface area contributed by atoms with Crippen molar-refractivity contribution in [2.45, 2.75) is 44.2 Å². The summed E-state index contributed by atoms with van der Waals surface area (Å²) in [6.45, 7) is 2.82. The minimum Gasteiger partial charge on any atom is -0.377 e. The third kappa shape index (κ3) is 3.16. The van der Waals surface area contributed by atoms with Gasteiger partial charge in [0.05, 0.1) is 6.10 Å². The molecule has 1 saturated heterocycles. The Bertz CT molecular complexity index is 188. The molecule has 2 N–H and O–H groups in total. The standard InChI is InChI=1S/C12H24N2O/c1-14(12(8-13)10-5-6-10)9-11-4-2-3-7-15-11/h10-12H,2-9,13H2,1H3. The molecule has 0 amide bonds. The molecule has 3 nitrogen and oxygen atoms in total. The molecule has 0 aromatic heterocycles. The Hall–Kier alpha value is -0.120. The van der Waals surface area contributed by atoms with Gasteiger partial charge in [0.15, 0.2) is 0 Å². The van der Waals surface area contributed by atoms with Crippen LogP contribution in [0.1, 0.15) is 32.1 Å². The van der Waals surface area contributed by atoms with Crippen LogP contribution in [0.25, 0.3) is 0 Å². The Morgan fingerprint density at radius 2 is 2.13 bits per heavy atom. The van der Waals surface area contributed by atoms with E-state index in [-0.39, 0.29) is 0 Å². The molecule has 1 aliphatic carbocycles. The predicted molar refractivity (Wildman–Crippen MR) is 61.8 cm³/mol. The second-order valence-corrected chi connectivity index (χ2v) is 5.07. The van der Waals surface area contributed by atoms with Gasteiger partial charge in [-0.1, -0.05) is 0 Å². The molecular formula is C12H24N2O. The second kappa shape index (κ2) is 5.28. The van der Waals surface area contributed by atoms with Crippen LogP contribution >= 0.6 is 0 Å². The van der Waals surface area contributed by atoms with Gasteiger partial charge in [-0.25, -0.2) is 0 Å². The van der Waals surface area contributed by atoms with Crippen LogP contribution in [0.3, 0.4) is 0 Å². The lowest BCUT2D eigenvalue weighted by atomic mass is 10.1. The maximum absolute atomic E-state index is 5.84. The highest BCUT2D eigenvalue weighted by molar-refractivity contribution is 4.88. The van der Waals surface area contributed by atoms with Crippen LogP contribution < -0.4 is 5.73 Å². The topological polar surface area (TPSA) is 38.5 Å². The first kappa shape index (κ1) is 11.4. The Morgan fingerprint density at radius 1 is 1.33 bits per heavy atom. The zero-order valence-electron chi connectivity index (χ0n) is 9.82. The maximum Gasteiger partial charge on any atom is 0.0702 e. The summed E-state index contributed by atoms with van der Waals surface area (Å²) in [4.78, 5) is 2.42. The number of nitrogens with two attached hydrogens (primary N) is 1. The highest BCUT2D eigenvalue weighted by Gasteiger charge is 2.33. The van der Waals surface area contributed by atoms with Gasteiger partial charge in [0.25, 0.3) is 0 Å². The summed E-state index contributed by atoms with van der Waals surface area (Å²) in [5, 5.41) is 0. The second-order valence-electron chi connectivity index (χ2n) is 5.07. The molecule has 2 fully saturated rings. The van der Waals surface area contributed by atoms with Gasteiger partial charge < -0.3 is 10.5 Å². The smallest absolute Gasteiger partial charge is 0.0702 e. The van der Waals surface area contributed by atoms with E-state index in [4.69, 9.17) is 10.5 Å². The first-order valence-electron chi connectivity index (χ1n) is 6.33. The molecule has 0 aromatic rings. The fourth-order valence-electron chi connectivity index (χ4n) is 2.62. The van der Waals surface area contributed by atoms with Gasteiger partial charge in [0, 0.05) is 25.7 Å². The lowest BCUT2D eigenvalue weighted by Crippen LogP contribution is -2.44. The number of hydrogen-bond donors (Lipinski definition) is 1. The number of rotatable bonds is 5. The van der Waals surface area contributed by atoms with Gasteiger partial charge in [-0.05, 0) is 45.1 Å². The number of likely N-dealkylation sites (N-methyl/N-ethyl adjacent to an activating group) is 1. The predicted octanol–water partition coefficient (Wildman–Crippen LogP) is 1.22. The van der Waals surface area contributed by atoms with E-state index in [2.05, 4.69) is 11.9 Å². The van der Waals surface area contributed by atoms with Crippen LogP contribution in [-0.2, 0) is 4.74 Å². The molecule has 3 heteroatoms. The quantitative estimate of drug-likeness (QED) is 0.745. The van der Waals surface area contributed by atoms with Gasteiger partial charge in [0.2, 0.25) is 0 Å². The van der Waals surface area contributed by atoms with E-state index < -0.39 is 0 Å². The summed E-state index contributed by atoms with van der Waals surface area (Å²) in [5.41, 5.74) is 5.84. The summed E-state index contributed by atoms with van der Waals surface area (Å²) in [6.07, 6.45) is 7.00. The van der Waals surface area contributed by atoms with Crippen LogP contribution in [0.5, 0.6) is 0 Å². The summed E-state index contributed by atoms with van der Waals surface area (Å²) < 4.78 is 5.76. The SMILES string of the molecule is CN(CC1CCCCO1)C(CN)C1CC1. The summed E-state index contributed by atoms with van der Waals surface area (Å²) in [6, 6.07) is 0.593. The normalized spacial score (nSPS) is 29.4. The van der Waals surface area contributed by atoms with Crippen LogP contribution in [-0.4, -0.2) is 43.8 Å². The largest absolute Gasteiger partial charge is 0.377 e. The lowest BCUT2D eigenvalue weighted by molar-refractivity contribution is -0.00909. The van der Waals surface area contributed by atoms with E-state index in [0.717, 1.165) is 25.6 Å². The first-order chi connectivity index (χ1) is 7.31. The first-order valence-corrected chi connectivity index (χ1v) is 6.33. The molecule has 88 valence electrons. The summed E-state index contributed by atoms with van der Waals surface area (Å²) in [5.74, 6) is 0.864. The minimum absolute atomic E-state index is 0.455. The molecule has 2 rings (SSSR count). The number of nitrogens with zero attached hydrogens (tertiary/aromatic N) is 1. The zero-order valence-corrected chi connectivity index (χ0v) is 9.82. The van der Waals surface area contributed by atoms with E-state index >= 15 is 0 Å². The minimum atomic E-state index is 0.455. The number of ether oxygens (including phenoxy) is 1. The third-order valence-electron chi connectivity index (χ3n) is 3.74. The highest BCUT2D eigenvalue weighted by Crippen LogP contribution is 2.34. The van der Waals surface area contributed by atoms with Crippen LogP contribution in [0.4, 0.5) is 0 Å². The van der Waals surface area contributed by atoms with Crippen molar-refractivity contribution < 1.29 is 4.74 Å². The Kier molecular flexibility index (Phi) is 4.00. The molecule has 0 aromatic carbocycles. The molecule has 2 atom stereocenters. The molecule has 1 saturated carbocycles. The lowest BCUT2D eigenvalue weighted by Gasteiger charge is -2.32. The van der Waals surface area contributed by atoms with Gasteiger partial charge in [-0.2, -0.15) is 0 Å². The van der Waals surface area contributed by atoms with E-state index in [1.807, 2.05) is 0 Å². The van der Waals surface area contributed by atoms with Crippen LogP contribution in [0, 0.1) is 5.92 Å². The van der Waals surface area contributed by atoms with Crippen molar-refractivity contribution in [1.29, 1.82) is 0 Å². The molecule has 0 bridgehead atoms. The molecular weight excluding hydrogens is 188 g/mol. The van der Waals surface area contributed by atoms with Gasteiger partial charge in [-0.3, -0.25) is 4.90 Å². The van der Waals surface area contributed by atoms with E-state index in [1.54, 1.807) is 0 Å². The monoisotopic (exact) mass is 212 g/mol. The molecule has 0 radical (unpaired) electrons. The van der Waals surface area contributed by atoms with Gasteiger partial charge in [-0.15, -0.1) is 0 Å². The van der Waals surface area contributed by atoms with Crippen molar-refractivity contribution in [3.8, 4) is 0 Å². The summed E-state index contributed by atoms with van der Waals surface area (Å²) in [7, 11) is 2.20. The summed E-state index contributed by atoms with van der Waals surface area (Å²) >= 11 is 0. The van der Waals surface area contributed by atoms with E-state index in [9.17, 15) is 0 Å². The number of hydrogen-bond acceptors (Lipinski definition) is 3. The van der Waals surface area contributed by atoms with Crippen molar-refractivity contribution in [2.75, 3.05) is 26.7 Å².